The normalized spacial score (nSPS) is 12.6. The summed E-state index contributed by atoms with van der Waals surface area (Å²) >= 11 is 0. The Kier molecular flexibility index (Phi) is 8.57. The van der Waals surface area contributed by atoms with Crippen molar-refractivity contribution in [3.8, 4) is 0 Å². The highest BCUT2D eigenvalue weighted by atomic mass is 19.1. The first kappa shape index (κ1) is 25.4. The third-order valence-corrected chi connectivity index (χ3v) is 5.57. The molecule has 4 rings (SSSR count). The zero-order valence-electron chi connectivity index (χ0n) is 20.2. The number of carbonyl (C=O) groups is 1. The summed E-state index contributed by atoms with van der Waals surface area (Å²) in [6, 6.07) is 16.4. The fourth-order valence-corrected chi connectivity index (χ4v) is 3.57. The van der Waals surface area contributed by atoms with Crippen LogP contribution in [0.5, 0.6) is 0 Å². The fourth-order valence-electron chi connectivity index (χ4n) is 3.57. The minimum atomic E-state index is -0.594. The monoisotopic (exact) mass is 471 g/mol. The lowest BCUT2D eigenvalue weighted by Gasteiger charge is -2.12. The van der Waals surface area contributed by atoms with E-state index in [4.69, 9.17) is 15.9 Å². The lowest BCUT2D eigenvalue weighted by molar-refractivity contribution is -0.119. The molecule has 0 aromatic heterocycles. The highest BCUT2D eigenvalue weighted by Gasteiger charge is 2.14. The van der Waals surface area contributed by atoms with Crippen LogP contribution in [0.2, 0.25) is 0 Å². The molecule has 0 saturated carbocycles. The van der Waals surface area contributed by atoms with Crippen molar-refractivity contribution in [1.29, 1.82) is 5.41 Å². The van der Waals surface area contributed by atoms with Crippen LogP contribution >= 0.6 is 0 Å². The van der Waals surface area contributed by atoms with Crippen LogP contribution in [0.3, 0.4) is 0 Å². The van der Waals surface area contributed by atoms with Gasteiger partial charge in [-0.15, -0.1) is 0 Å². The smallest absolute Gasteiger partial charge is 0.217 e. The SMILES string of the molecule is CC(=O)NCc1cc(F)c(N)c(C(=N)c2ccc3ccccc3c2)c1.COC1=CC=CC(C)=CC1. The van der Waals surface area contributed by atoms with Crippen molar-refractivity contribution in [3.05, 3.63) is 113 Å². The maximum Gasteiger partial charge on any atom is 0.217 e. The standard InChI is InChI=1S/C20H18FN3O.C9H12O/c1-12(25)24-11-13-8-17(20(23)18(21)9-13)19(22)16-7-6-14-4-2-3-5-15(14)10-16;1-8-4-3-5-9(10-2)7-6-8/h2-10,22H,11,23H2,1H3,(H,24,25);3-6H,7H2,1-2H3. The number of halogens is 1. The first-order chi connectivity index (χ1) is 16.8. The number of methoxy groups -OCH3 is 1. The van der Waals surface area contributed by atoms with Gasteiger partial charge in [0.2, 0.25) is 5.91 Å². The van der Waals surface area contributed by atoms with Crippen molar-refractivity contribution in [2.75, 3.05) is 12.8 Å². The molecule has 0 spiro atoms. The maximum absolute atomic E-state index is 14.2. The summed E-state index contributed by atoms with van der Waals surface area (Å²) in [5.41, 5.74) is 8.76. The molecular formula is C29H30FN3O2. The molecule has 180 valence electrons. The second kappa shape index (κ2) is 11.8. The molecule has 0 heterocycles. The van der Waals surface area contributed by atoms with Gasteiger partial charge >= 0.3 is 0 Å². The van der Waals surface area contributed by atoms with Crippen molar-refractivity contribution in [1.82, 2.24) is 5.32 Å². The lowest BCUT2D eigenvalue weighted by atomic mass is 9.96. The number of carbonyl (C=O) groups excluding carboxylic acids is 1. The molecule has 4 N–H and O–H groups in total. The van der Waals surface area contributed by atoms with Crippen molar-refractivity contribution in [2.45, 2.75) is 26.8 Å². The van der Waals surface area contributed by atoms with Crippen LogP contribution < -0.4 is 11.1 Å². The van der Waals surface area contributed by atoms with Crippen LogP contribution in [0.25, 0.3) is 10.8 Å². The average Bonchev–Trinajstić information content (AvgIpc) is 3.08. The molecule has 35 heavy (non-hydrogen) atoms. The van der Waals surface area contributed by atoms with Crippen LogP contribution in [0.4, 0.5) is 10.1 Å². The Balaban J connectivity index is 0.000000287. The van der Waals surface area contributed by atoms with E-state index in [0.717, 1.165) is 23.0 Å². The van der Waals surface area contributed by atoms with Gasteiger partial charge in [0, 0.05) is 31.0 Å². The minimum Gasteiger partial charge on any atom is -0.501 e. The van der Waals surface area contributed by atoms with Crippen molar-refractivity contribution < 1.29 is 13.9 Å². The first-order valence-corrected chi connectivity index (χ1v) is 11.3. The predicted octanol–water partition coefficient (Wildman–Crippen LogP) is 6.04. The number of anilines is 1. The molecule has 3 aromatic carbocycles. The van der Waals surface area contributed by atoms with Gasteiger partial charge in [-0.2, -0.15) is 0 Å². The maximum atomic E-state index is 14.2. The largest absolute Gasteiger partial charge is 0.501 e. The molecule has 1 amide bonds. The summed E-state index contributed by atoms with van der Waals surface area (Å²) in [7, 11) is 1.70. The molecule has 0 bridgehead atoms. The molecule has 1 aliphatic rings. The molecule has 0 fully saturated rings. The number of hydrogen-bond acceptors (Lipinski definition) is 4. The molecule has 6 heteroatoms. The topological polar surface area (TPSA) is 88.2 Å². The molecule has 0 atom stereocenters. The Hall–Kier alpha value is -4.19. The zero-order chi connectivity index (χ0) is 25.4. The average molecular weight is 472 g/mol. The number of allylic oxidation sites excluding steroid dienone is 5. The van der Waals surface area contributed by atoms with E-state index in [1.54, 1.807) is 13.2 Å². The summed E-state index contributed by atoms with van der Waals surface area (Å²) in [6.45, 7) is 3.67. The van der Waals surface area contributed by atoms with Gasteiger partial charge in [-0.3, -0.25) is 10.2 Å². The summed E-state index contributed by atoms with van der Waals surface area (Å²) in [4.78, 5) is 11.1. The quantitative estimate of drug-likeness (QED) is 0.313. The van der Waals surface area contributed by atoms with Crippen LogP contribution in [-0.4, -0.2) is 18.7 Å². The highest BCUT2D eigenvalue weighted by Crippen LogP contribution is 2.24. The van der Waals surface area contributed by atoms with E-state index in [9.17, 15) is 9.18 Å². The van der Waals surface area contributed by atoms with Gasteiger partial charge in [0.05, 0.1) is 24.3 Å². The number of ether oxygens (including phenoxy) is 1. The van der Waals surface area contributed by atoms with Gasteiger partial charge in [0.1, 0.15) is 5.82 Å². The number of hydrogen-bond donors (Lipinski definition) is 3. The molecule has 0 saturated heterocycles. The summed E-state index contributed by atoms with van der Waals surface area (Å²) in [5.74, 6) is 0.222. The van der Waals surface area contributed by atoms with Crippen LogP contribution in [0.1, 0.15) is 37.0 Å². The van der Waals surface area contributed by atoms with E-state index in [1.165, 1.54) is 18.6 Å². The zero-order valence-corrected chi connectivity index (χ0v) is 20.2. The molecule has 1 aliphatic carbocycles. The van der Waals surface area contributed by atoms with Crippen molar-refractivity contribution in [3.63, 3.8) is 0 Å². The van der Waals surface area contributed by atoms with E-state index in [1.807, 2.05) is 54.6 Å². The van der Waals surface area contributed by atoms with Crippen LogP contribution in [0.15, 0.2) is 90.2 Å². The molecular weight excluding hydrogens is 441 g/mol. The van der Waals surface area contributed by atoms with Crippen molar-refractivity contribution >= 4 is 28.1 Å². The van der Waals surface area contributed by atoms with E-state index >= 15 is 0 Å². The number of rotatable bonds is 5. The predicted molar refractivity (Wildman–Crippen MR) is 141 cm³/mol. The molecule has 0 unspecified atom stereocenters. The second-order valence-corrected chi connectivity index (χ2v) is 8.23. The Labute approximate surface area is 205 Å². The lowest BCUT2D eigenvalue weighted by Crippen LogP contribution is -2.19. The molecule has 0 radical (unpaired) electrons. The fraction of sp³-hybridized carbons (Fsp3) is 0.172. The number of nitrogens with one attached hydrogen (secondary N) is 2. The summed E-state index contributed by atoms with van der Waals surface area (Å²) in [6.07, 6.45) is 9.14. The van der Waals surface area contributed by atoms with E-state index in [2.05, 4.69) is 24.4 Å². The van der Waals surface area contributed by atoms with Gasteiger partial charge in [0.25, 0.3) is 0 Å². The Morgan fingerprint density at radius 3 is 2.60 bits per heavy atom. The van der Waals surface area contributed by atoms with Gasteiger partial charge in [-0.25, -0.2) is 4.39 Å². The number of nitrogens with two attached hydrogens (primary N) is 1. The summed E-state index contributed by atoms with van der Waals surface area (Å²) in [5, 5.41) is 13.2. The second-order valence-electron chi connectivity index (χ2n) is 8.23. The molecule has 3 aromatic rings. The number of benzene rings is 3. The Morgan fingerprint density at radius 1 is 1.14 bits per heavy atom. The minimum absolute atomic E-state index is 0.0651. The first-order valence-electron chi connectivity index (χ1n) is 11.3. The van der Waals surface area contributed by atoms with Gasteiger partial charge in [-0.1, -0.05) is 60.2 Å². The van der Waals surface area contributed by atoms with Gasteiger partial charge in [0.15, 0.2) is 0 Å². The van der Waals surface area contributed by atoms with Gasteiger partial charge in [-0.05, 0) is 47.5 Å². The third-order valence-electron chi connectivity index (χ3n) is 5.57. The van der Waals surface area contributed by atoms with E-state index in [0.29, 0.717) is 16.7 Å². The van der Waals surface area contributed by atoms with Crippen LogP contribution in [-0.2, 0) is 16.1 Å². The molecule has 5 nitrogen and oxygen atoms in total. The Morgan fingerprint density at radius 2 is 1.89 bits per heavy atom. The van der Waals surface area contributed by atoms with Crippen molar-refractivity contribution in [2.24, 2.45) is 0 Å². The molecule has 0 aliphatic heterocycles. The highest BCUT2D eigenvalue weighted by molar-refractivity contribution is 6.15. The van der Waals surface area contributed by atoms with E-state index in [-0.39, 0.29) is 23.9 Å². The van der Waals surface area contributed by atoms with Gasteiger partial charge < -0.3 is 15.8 Å². The van der Waals surface area contributed by atoms with Crippen LogP contribution in [0, 0.1) is 11.2 Å². The number of amides is 1. The Bertz CT molecular complexity index is 1340. The number of fused-ring (bicyclic) bond motifs is 1. The van der Waals surface area contributed by atoms with E-state index < -0.39 is 5.82 Å². The summed E-state index contributed by atoms with van der Waals surface area (Å²) < 4.78 is 19.2. The third kappa shape index (κ3) is 6.90. The number of nitrogen functional groups attached to an aromatic ring is 1.